The highest BCUT2D eigenvalue weighted by Gasteiger charge is 2.36. The number of hydrogen-bond donors (Lipinski definition) is 0. The number of fused-ring (bicyclic) bond motifs is 5. The van der Waals surface area contributed by atoms with Crippen LogP contribution in [0.25, 0.3) is 22.1 Å². The quantitative estimate of drug-likeness (QED) is 0.526. The number of benzene rings is 2. The second-order valence-electron chi connectivity index (χ2n) is 6.06. The van der Waals surface area contributed by atoms with Crippen molar-refractivity contribution in [3.63, 3.8) is 0 Å². The summed E-state index contributed by atoms with van der Waals surface area (Å²) in [6, 6.07) is 9.37. The molecule has 0 amide bonds. The Morgan fingerprint density at radius 3 is 2.56 bits per heavy atom. The van der Waals surface area contributed by atoms with Crippen LogP contribution in [0.5, 0.6) is 0 Å². The lowest BCUT2D eigenvalue weighted by Gasteiger charge is -2.17. The molecule has 5 nitrogen and oxygen atoms in total. The zero-order chi connectivity index (χ0) is 17.7. The molecule has 0 N–H and O–H groups in total. The number of aryl methyl sites for hydroxylation is 1. The average Bonchev–Trinajstić information content (AvgIpc) is 3.01. The fourth-order valence-electron chi connectivity index (χ4n) is 3.30. The Hall–Kier alpha value is -3.21. The van der Waals surface area contributed by atoms with Gasteiger partial charge in [-0.15, -0.1) is 0 Å². The fraction of sp³-hybridized carbons (Fsp3) is 0.150. The molecule has 1 aliphatic carbocycles. The maximum atomic E-state index is 12.8. The van der Waals surface area contributed by atoms with E-state index in [1.54, 1.807) is 6.07 Å². The Kier molecular flexibility index (Phi) is 3.32. The highest BCUT2D eigenvalue weighted by atomic mass is 16.5. The van der Waals surface area contributed by atoms with E-state index in [4.69, 9.17) is 9.15 Å². The number of ether oxygens (including phenoxy) is 1. The van der Waals surface area contributed by atoms with Crippen LogP contribution in [0.1, 0.15) is 38.8 Å². The third kappa shape index (κ3) is 2.20. The molecule has 0 bridgehead atoms. The third-order valence-electron chi connectivity index (χ3n) is 4.48. The van der Waals surface area contributed by atoms with Crippen molar-refractivity contribution in [2.24, 2.45) is 0 Å². The number of rotatable bonds is 2. The van der Waals surface area contributed by atoms with Crippen molar-refractivity contribution in [2.75, 3.05) is 0 Å². The van der Waals surface area contributed by atoms with Crippen molar-refractivity contribution in [2.45, 2.75) is 20.5 Å². The Balaban J connectivity index is 1.97. The summed E-state index contributed by atoms with van der Waals surface area (Å²) in [5, 5.41) is 1.66. The predicted molar refractivity (Wildman–Crippen MR) is 90.5 cm³/mol. The summed E-state index contributed by atoms with van der Waals surface area (Å²) in [4.78, 5) is 36.5. The molecule has 0 radical (unpaired) electrons. The molecule has 0 saturated carbocycles. The predicted octanol–water partition coefficient (Wildman–Crippen LogP) is 3.85. The molecule has 0 saturated heterocycles. The standard InChI is InChI=1S/C20H14O5/c1-10-4-3-5-14-13(10)6-7-15-17(14)19(23)18(22)16-12(8-24-11(2)21)9-25-20(15)16/h3-7,9H,8H2,1-2H3. The van der Waals surface area contributed by atoms with Crippen LogP contribution in [-0.4, -0.2) is 17.5 Å². The Morgan fingerprint density at radius 2 is 1.80 bits per heavy atom. The summed E-state index contributed by atoms with van der Waals surface area (Å²) in [6.45, 7) is 3.14. The molecule has 1 aromatic heterocycles. The van der Waals surface area contributed by atoms with Crippen molar-refractivity contribution in [1.29, 1.82) is 0 Å². The SMILES string of the molecule is CC(=O)OCc1coc2c1C(=O)C(=O)c1c-2ccc2c(C)cccc12. The molecule has 124 valence electrons. The van der Waals surface area contributed by atoms with E-state index in [2.05, 4.69) is 0 Å². The van der Waals surface area contributed by atoms with Crippen molar-refractivity contribution in [1.82, 2.24) is 0 Å². The molecule has 0 fully saturated rings. The van der Waals surface area contributed by atoms with Crippen LogP contribution >= 0.6 is 0 Å². The summed E-state index contributed by atoms with van der Waals surface area (Å²) in [5.41, 5.74) is 2.57. The molecule has 1 heterocycles. The number of esters is 1. The molecular formula is C20H14O5. The first kappa shape index (κ1) is 15.3. The van der Waals surface area contributed by atoms with Gasteiger partial charge in [0.2, 0.25) is 11.6 Å². The first-order valence-electron chi connectivity index (χ1n) is 7.84. The van der Waals surface area contributed by atoms with Crippen LogP contribution in [-0.2, 0) is 16.1 Å². The van der Waals surface area contributed by atoms with Crippen LogP contribution in [0, 0.1) is 6.92 Å². The van der Waals surface area contributed by atoms with Crippen molar-refractivity contribution in [3.05, 3.63) is 58.8 Å². The zero-order valence-corrected chi connectivity index (χ0v) is 13.7. The van der Waals surface area contributed by atoms with Gasteiger partial charge in [0.15, 0.2) is 0 Å². The average molecular weight is 334 g/mol. The van der Waals surface area contributed by atoms with E-state index in [1.807, 2.05) is 31.2 Å². The van der Waals surface area contributed by atoms with Gasteiger partial charge in [-0.1, -0.05) is 24.3 Å². The van der Waals surface area contributed by atoms with Crippen molar-refractivity contribution in [3.8, 4) is 11.3 Å². The Morgan fingerprint density at radius 1 is 1.04 bits per heavy atom. The van der Waals surface area contributed by atoms with E-state index in [9.17, 15) is 14.4 Å². The van der Waals surface area contributed by atoms with Gasteiger partial charge in [0, 0.05) is 23.6 Å². The van der Waals surface area contributed by atoms with Crippen LogP contribution in [0.3, 0.4) is 0 Å². The number of Topliss-reactive ketones (excluding diaryl/α,β-unsaturated/α-hetero) is 2. The summed E-state index contributed by atoms with van der Waals surface area (Å²) >= 11 is 0. The molecule has 0 unspecified atom stereocenters. The highest BCUT2D eigenvalue weighted by molar-refractivity contribution is 6.54. The van der Waals surface area contributed by atoms with Crippen LogP contribution in [0.15, 0.2) is 41.0 Å². The topological polar surface area (TPSA) is 73.6 Å². The fourth-order valence-corrected chi connectivity index (χ4v) is 3.30. The van der Waals surface area contributed by atoms with Gasteiger partial charge >= 0.3 is 5.97 Å². The van der Waals surface area contributed by atoms with Gasteiger partial charge in [-0.25, -0.2) is 0 Å². The van der Waals surface area contributed by atoms with E-state index in [-0.39, 0.29) is 12.2 Å². The molecule has 1 aliphatic rings. The summed E-state index contributed by atoms with van der Waals surface area (Å²) in [5.74, 6) is -1.31. The smallest absolute Gasteiger partial charge is 0.302 e. The molecule has 0 aliphatic heterocycles. The van der Waals surface area contributed by atoms with E-state index < -0.39 is 17.5 Å². The number of carbonyl (C=O) groups is 3. The Bertz CT molecular complexity index is 1070. The molecule has 5 heteroatoms. The van der Waals surface area contributed by atoms with E-state index >= 15 is 0 Å². The molecule has 3 aromatic rings. The second-order valence-corrected chi connectivity index (χ2v) is 6.06. The van der Waals surface area contributed by atoms with Gasteiger partial charge in [0.05, 0.1) is 11.8 Å². The molecular weight excluding hydrogens is 320 g/mol. The van der Waals surface area contributed by atoms with Gasteiger partial charge in [0.1, 0.15) is 12.4 Å². The first-order chi connectivity index (χ1) is 12.0. The number of ketones is 2. The van der Waals surface area contributed by atoms with Crippen LogP contribution in [0.4, 0.5) is 0 Å². The molecule has 2 aromatic carbocycles. The lowest BCUT2D eigenvalue weighted by Crippen LogP contribution is -2.22. The van der Waals surface area contributed by atoms with Crippen molar-refractivity contribution >= 4 is 28.3 Å². The van der Waals surface area contributed by atoms with Crippen LogP contribution in [0.2, 0.25) is 0 Å². The van der Waals surface area contributed by atoms with E-state index in [0.29, 0.717) is 22.5 Å². The number of furan rings is 1. The van der Waals surface area contributed by atoms with Gasteiger partial charge < -0.3 is 9.15 Å². The normalized spacial score (nSPS) is 12.9. The third-order valence-corrected chi connectivity index (χ3v) is 4.48. The molecule has 0 atom stereocenters. The second kappa shape index (κ2) is 5.41. The summed E-state index contributed by atoms with van der Waals surface area (Å²) in [6.07, 6.45) is 1.37. The lowest BCUT2D eigenvalue weighted by molar-refractivity contribution is -0.142. The minimum atomic E-state index is -0.632. The summed E-state index contributed by atoms with van der Waals surface area (Å²) in [7, 11) is 0. The van der Waals surface area contributed by atoms with Gasteiger partial charge in [-0.3, -0.25) is 14.4 Å². The number of carbonyl (C=O) groups excluding carboxylic acids is 3. The van der Waals surface area contributed by atoms with Crippen LogP contribution < -0.4 is 0 Å². The van der Waals surface area contributed by atoms with Gasteiger partial charge in [-0.05, 0) is 29.3 Å². The Labute approximate surface area is 143 Å². The van der Waals surface area contributed by atoms with Crippen molar-refractivity contribution < 1.29 is 23.5 Å². The maximum Gasteiger partial charge on any atom is 0.302 e. The van der Waals surface area contributed by atoms with Gasteiger partial charge in [0.25, 0.3) is 0 Å². The van der Waals surface area contributed by atoms with E-state index in [0.717, 1.165) is 16.3 Å². The summed E-state index contributed by atoms with van der Waals surface area (Å²) < 4.78 is 10.5. The maximum absolute atomic E-state index is 12.8. The zero-order valence-electron chi connectivity index (χ0n) is 13.7. The molecule has 4 rings (SSSR count). The lowest BCUT2D eigenvalue weighted by atomic mass is 9.83. The minimum absolute atomic E-state index is 0.102. The molecule has 0 spiro atoms. The first-order valence-corrected chi connectivity index (χ1v) is 7.84. The van der Waals surface area contributed by atoms with Gasteiger partial charge in [-0.2, -0.15) is 0 Å². The van der Waals surface area contributed by atoms with E-state index in [1.165, 1.54) is 13.2 Å². The monoisotopic (exact) mass is 334 g/mol. The minimum Gasteiger partial charge on any atom is -0.463 e. The highest BCUT2D eigenvalue weighted by Crippen LogP contribution is 2.40. The number of hydrogen-bond acceptors (Lipinski definition) is 5. The molecule has 25 heavy (non-hydrogen) atoms. The largest absolute Gasteiger partial charge is 0.463 e.